The van der Waals surface area contributed by atoms with Crippen molar-refractivity contribution >= 4 is 17.6 Å². The molecule has 3 aromatic rings. The average Bonchev–Trinajstić information content (AvgIpc) is 3.15. The molecule has 0 bridgehead atoms. The largest absolute Gasteiger partial charge is 0.336 e. The zero-order valence-corrected chi connectivity index (χ0v) is 14.0. The number of H-pyrrole nitrogens is 1. The Morgan fingerprint density at radius 3 is 2.58 bits per heavy atom. The molecule has 0 aliphatic rings. The molecule has 1 unspecified atom stereocenters. The number of nitrogens with zero attached hydrogens (tertiary/aromatic N) is 1. The van der Waals surface area contributed by atoms with Gasteiger partial charge in [-0.3, -0.25) is 14.7 Å². The van der Waals surface area contributed by atoms with Gasteiger partial charge in [-0.15, -0.1) is 0 Å². The van der Waals surface area contributed by atoms with Crippen molar-refractivity contribution < 1.29 is 14.0 Å². The number of halogens is 1. The number of hydrogen-bond acceptors (Lipinski definition) is 3. The molecule has 132 valence electrons. The fraction of sp³-hybridized carbons (Fsp3) is 0.105. The van der Waals surface area contributed by atoms with Gasteiger partial charge < -0.3 is 10.6 Å². The summed E-state index contributed by atoms with van der Waals surface area (Å²) < 4.78 is 14.0. The lowest BCUT2D eigenvalue weighted by Gasteiger charge is -2.19. The van der Waals surface area contributed by atoms with Crippen LogP contribution >= 0.6 is 0 Å². The van der Waals surface area contributed by atoms with Gasteiger partial charge in [-0.1, -0.05) is 42.0 Å². The predicted molar refractivity (Wildman–Crippen MR) is 95.0 cm³/mol. The molecule has 0 aliphatic heterocycles. The van der Waals surface area contributed by atoms with Crippen LogP contribution in [0.25, 0.3) is 0 Å². The zero-order valence-electron chi connectivity index (χ0n) is 14.0. The van der Waals surface area contributed by atoms with Crippen molar-refractivity contribution in [3.63, 3.8) is 0 Å². The van der Waals surface area contributed by atoms with E-state index in [1.54, 1.807) is 49.4 Å². The minimum absolute atomic E-state index is 0.111. The van der Waals surface area contributed by atoms with Crippen molar-refractivity contribution in [1.29, 1.82) is 0 Å². The first-order chi connectivity index (χ1) is 12.5. The molecule has 3 N–H and O–H groups in total. The highest BCUT2D eigenvalue weighted by molar-refractivity contribution is 6.01. The first-order valence-electron chi connectivity index (χ1n) is 7.97. The second-order valence-corrected chi connectivity index (χ2v) is 5.76. The van der Waals surface area contributed by atoms with E-state index in [0.29, 0.717) is 11.4 Å². The van der Waals surface area contributed by atoms with Gasteiger partial charge in [0.15, 0.2) is 0 Å². The third kappa shape index (κ3) is 3.94. The Labute approximate surface area is 149 Å². The minimum Gasteiger partial charge on any atom is -0.336 e. The monoisotopic (exact) mass is 352 g/mol. The summed E-state index contributed by atoms with van der Waals surface area (Å²) in [6, 6.07) is 13.6. The maximum absolute atomic E-state index is 14.0. The highest BCUT2D eigenvalue weighted by Gasteiger charge is 2.25. The summed E-state index contributed by atoms with van der Waals surface area (Å²) in [5.41, 5.74) is 1.21. The van der Waals surface area contributed by atoms with Crippen LogP contribution in [0.3, 0.4) is 0 Å². The van der Waals surface area contributed by atoms with E-state index in [1.807, 2.05) is 0 Å². The van der Waals surface area contributed by atoms with E-state index in [1.165, 1.54) is 18.3 Å². The normalized spacial score (nSPS) is 11.6. The molecule has 1 aromatic heterocycles. The Balaban J connectivity index is 1.87. The van der Waals surface area contributed by atoms with Crippen molar-refractivity contribution in [1.82, 2.24) is 15.5 Å². The Morgan fingerprint density at radius 1 is 1.12 bits per heavy atom. The van der Waals surface area contributed by atoms with Crippen molar-refractivity contribution in [2.75, 3.05) is 5.32 Å². The van der Waals surface area contributed by atoms with Gasteiger partial charge in [0, 0.05) is 6.07 Å². The quantitative estimate of drug-likeness (QED) is 0.660. The number of aryl methyl sites for hydroxylation is 1. The molecule has 0 aliphatic carbocycles. The van der Waals surface area contributed by atoms with Crippen LogP contribution in [-0.2, 0) is 4.79 Å². The Morgan fingerprint density at radius 2 is 1.88 bits per heavy atom. The molecule has 0 fully saturated rings. The van der Waals surface area contributed by atoms with E-state index in [9.17, 15) is 14.0 Å². The van der Waals surface area contributed by atoms with Gasteiger partial charge in [-0.2, -0.15) is 5.10 Å². The van der Waals surface area contributed by atoms with Crippen molar-refractivity contribution in [3.8, 4) is 0 Å². The molecule has 3 rings (SSSR count). The fourth-order valence-corrected chi connectivity index (χ4v) is 2.50. The summed E-state index contributed by atoms with van der Waals surface area (Å²) in [6.07, 6.45) is 1.49. The first kappa shape index (κ1) is 17.3. The van der Waals surface area contributed by atoms with Crippen LogP contribution in [0.1, 0.15) is 27.5 Å². The number of rotatable bonds is 5. The molecule has 7 heteroatoms. The number of nitrogens with one attached hydrogen (secondary N) is 3. The number of benzene rings is 2. The molecular formula is C19H17FN4O2. The summed E-state index contributed by atoms with van der Waals surface area (Å²) >= 11 is 0. The maximum Gasteiger partial charge on any atom is 0.255 e. The SMILES string of the molecule is Cc1ccc(F)c(C(=O)NC(C(=O)Nc2ccn[nH]2)c2ccccc2)c1. The summed E-state index contributed by atoms with van der Waals surface area (Å²) in [7, 11) is 0. The summed E-state index contributed by atoms with van der Waals surface area (Å²) in [6.45, 7) is 1.76. The van der Waals surface area contributed by atoms with E-state index >= 15 is 0 Å². The smallest absolute Gasteiger partial charge is 0.255 e. The third-order valence-corrected chi connectivity index (χ3v) is 3.80. The summed E-state index contributed by atoms with van der Waals surface area (Å²) in [4.78, 5) is 25.2. The zero-order chi connectivity index (χ0) is 18.5. The molecule has 0 saturated carbocycles. The standard InChI is InChI=1S/C19H17FN4O2/c1-12-7-8-15(20)14(11-12)18(25)23-17(13-5-3-2-4-6-13)19(26)22-16-9-10-21-24-16/h2-11,17H,1H3,(H,23,25)(H2,21,22,24,26). The van der Waals surface area contributed by atoms with Crippen LogP contribution in [0, 0.1) is 12.7 Å². The Hall–Kier alpha value is -3.48. The number of aromatic amines is 1. The van der Waals surface area contributed by atoms with Gasteiger partial charge in [-0.05, 0) is 24.6 Å². The lowest BCUT2D eigenvalue weighted by atomic mass is 10.0. The molecule has 1 atom stereocenters. The van der Waals surface area contributed by atoms with Crippen LogP contribution in [-0.4, -0.2) is 22.0 Å². The molecule has 0 spiro atoms. The summed E-state index contributed by atoms with van der Waals surface area (Å²) in [5, 5.41) is 11.6. The summed E-state index contributed by atoms with van der Waals surface area (Å²) in [5.74, 6) is -1.39. The third-order valence-electron chi connectivity index (χ3n) is 3.80. The van der Waals surface area contributed by atoms with E-state index in [2.05, 4.69) is 20.8 Å². The number of hydrogen-bond donors (Lipinski definition) is 3. The highest BCUT2D eigenvalue weighted by atomic mass is 19.1. The Kier molecular flexibility index (Phi) is 5.07. The van der Waals surface area contributed by atoms with Crippen molar-refractivity contribution in [2.24, 2.45) is 0 Å². The van der Waals surface area contributed by atoms with Gasteiger partial charge in [0.25, 0.3) is 11.8 Å². The molecule has 1 heterocycles. The fourth-order valence-electron chi connectivity index (χ4n) is 2.50. The van der Waals surface area contributed by atoms with Gasteiger partial charge in [0.2, 0.25) is 0 Å². The molecular weight excluding hydrogens is 335 g/mol. The van der Waals surface area contributed by atoms with Crippen LogP contribution in [0.5, 0.6) is 0 Å². The van der Waals surface area contributed by atoms with E-state index in [4.69, 9.17) is 0 Å². The molecule has 0 radical (unpaired) electrons. The first-order valence-corrected chi connectivity index (χ1v) is 7.97. The maximum atomic E-state index is 14.0. The number of carbonyl (C=O) groups is 2. The van der Waals surface area contributed by atoms with Crippen LogP contribution in [0.4, 0.5) is 10.2 Å². The molecule has 26 heavy (non-hydrogen) atoms. The van der Waals surface area contributed by atoms with Crippen molar-refractivity contribution in [3.05, 3.63) is 83.3 Å². The number of amides is 2. The van der Waals surface area contributed by atoms with Gasteiger partial charge in [-0.25, -0.2) is 4.39 Å². The minimum atomic E-state index is -0.994. The topological polar surface area (TPSA) is 86.9 Å². The number of carbonyl (C=O) groups excluding carboxylic acids is 2. The molecule has 2 aromatic carbocycles. The Bertz CT molecular complexity index is 911. The molecule has 6 nitrogen and oxygen atoms in total. The van der Waals surface area contributed by atoms with Gasteiger partial charge in [0.05, 0.1) is 11.8 Å². The van der Waals surface area contributed by atoms with Crippen molar-refractivity contribution in [2.45, 2.75) is 13.0 Å². The average molecular weight is 352 g/mol. The van der Waals surface area contributed by atoms with Gasteiger partial charge >= 0.3 is 0 Å². The van der Waals surface area contributed by atoms with Crippen LogP contribution in [0.2, 0.25) is 0 Å². The van der Waals surface area contributed by atoms with Crippen LogP contribution < -0.4 is 10.6 Å². The lowest BCUT2D eigenvalue weighted by molar-refractivity contribution is -0.118. The van der Waals surface area contributed by atoms with Gasteiger partial charge in [0.1, 0.15) is 17.7 Å². The molecule has 0 saturated heterocycles. The predicted octanol–water partition coefficient (Wildman–Crippen LogP) is 2.97. The van der Waals surface area contributed by atoms with E-state index in [0.717, 1.165) is 5.56 Å². The van der Waals surface area contributed by atoms with Crippen LogP contribution in [0.15, 0.2) is 60.8 Å². The second-order valence-electron chi connectivity index (χ2n) is 5.76. The number of aromatic nitrogens is 2. The number of anilines is 1. The molecule has 2 amide bonds. The van der Waals surface area contributed by atoms with E-state index < -0.39 is 23.7 Å². The van der Waals surface area contributed by atoms with E-state index in [-0.39, 0.29) is 5.56 Å². The highest BCUT2D eigenvalue weighted by Crippen LogP contribution is 2.17. The lowest BCUT2D eigenvalue weighted by Crippen LogP contribution is -2.37. The second kappa shape index (κ2) is 7.60.